The first-order valence-electron chi connectivity index (χ1n) is 9.10. The predicted molar refractivity (Wildman–Crippen MR) is 94.5 cm³/mol. The second-order valence-corrected chi connectivity index (χ2v) is 6.44. The average molecular weight is 383 g/mol. The van der Waals surface area contributed by atoms with E-state index in [2.05, 4.69) is 22.8 Å². The molecule has 2 aliphatic rings. The zero-order valence-corrected chi connectivity index (χ0v) is 18.8. The van der Waals surface area contributed by atoms with Crippen LogP contribution < -0.4 is 78.6 Å². The second-order valence-electron chi connectivity index (χ2n) is 6.44. The molecular formula is C17H35KN4O3. The Balaban J connectivity index is 0.000000443. The first kappa shape index (κ1) is 26.1. The van der Waals surface area contributed by atoms with E-state index in [1.807, 2.05) is 0 Å². The van der Waals surface area contributed by atoms with Gasteiger partial charge in [0.05, 0.1) is 19.3 Å². The van der Waals surface area contributed by atoms with Crippen LogP contribution in [0.15, 0.2) is 12.2 Å². The molecule has 0 saturated heterocycles. The number of ether oxygens (including phenoxy) is 1. The van der Waals surface area contributed by atoms with Gasteiger partial charge in [-0.3, -0.25) is 0 Å². The summed E-state index contributed by atoms with van der Waals surface area (Å²) in [5, 5.41) is 26.1. The van der Waals surface area contributed by atoms with Gasteiger partial charge >= 0.3 is 51.4 Å². The van der Waals surface area contributed by atoms with Crippen LogP contribution in [0.1, 0.15) is 32.1 Å². The van der Waals surface area contributed by atoms with Gasteiger partial charge in [-0.25, -0.2) is 0 Å². The molecule has 142 valence electrons. The smallest absolute Gasteiger partial charge is 0.852 e. The van der Waals surface area contributed by atoms with Crippen molar-refractivity contribution in [3.05, 3.63) is 12.2 Å². The van der Waals surface area contributed by atoms with E-state index >= 15 is 0 Å². The molecule has 0 spiro atoms. The fourth-order valence-corrected chi connectivity index (χ4v) is 2.93. The summed E-state index contributed by atoms with van der Waals surface area (Å²) in [4.78, 5) is 0. The van der Waals surface area contributed by atoms with Gasteiger partial charge in [0.15, 0.2) is 0 Å². The van der Waals surface area contributed by atoms with Gasteiger partial charge in [-0.05, 0) is 32.4 Å². The zero-order valence-electron chi connectivity index (χ0n) is 15.7. The monoisotopic (exact) mass is 382 g/mol. The van der Waals surface area contributed by atoms with Crippen LogP contribution in [0.2, 0.25) is 0 Å². The quantitative estimate of drug-likeness (QED) is 0.162. The third-order valence-electron chi connectivity index (χ3n) is 4.12. The summed E-state index contributed by atoms with van der Waals surface area (Å²) in [5.74, 6) is 0. The van der Waals surface area contributed by atoms with E-state index in [9.17, 15) is 5.11 Å². The third-order valence-corrected chi connectivity index (χ3v) is 4.12. The standard InChI is InChI=1S/C9H18N2O.C8H17N2O2.K/c10-5-3-6-11-8-9-4-1-2-7-12-9;9-6-3-7(10-1-2-11)5-8(12)4-6;/h1,4,9,11H,2-3,5-8,10H2;6-8,10-11H,1-5,9H2;/q;-1;+1. The molecule has 4 atom stereocenters. The van der Waals surface area contributed by atoms with Crippen LogP contribution in [0.3, 0.4) is 0 Å². The maximum Gasteiger partial charge on any atom is 1.00 e. The molecule has 0 bridgehead atoms. The van der Waals surface area contributed by atoms with E-state index in [0.717, 1.165) is 45.5 Å². The minimum Gasteiger partial charge on any atom is -0.852 e. The number of hydrogen-bond acceptors (Lipinski definition) is 7. The summed E-state index contributed by atoms with van der Waals surface area (Å²) >= 11 is 0. The predicted octanol–water partition coefficient (Wildman–Crippen LogP) is -4.55. The van der Waals surface area contributed by atoms with Crippen molar-refractivity contribution in [2.75, 3.05) is 39.4 Å². The summed E-state index contributed by atoms with van der Waals surface area (Å²) in [6.07, 6.45) is 8.25. The third kappa shape index (κ3) is 13.8. The number of nitrogens with one attached hydrogen (secondary N) is 2. The summed E-state index contributed by atoms with van der Waals surface area (Å²) in [6.45, 7) is 4.20. The Labute approximate surface area is 194 Å². The minimum atomic E-state index is -0.523. The van der Waals surface area contributed by atoms with Gasteiger partial charge in [-0.15, -0.1) is 6.10 Å². The Bertz CT molecular complexity index is 327. The van der Waals surface area contributed by atoms with Crippen molar-refractivity contribution < 1.29 is 66.3 Å². The van der Waals surface area contributed by atoms with Gasteiger partial charge in [-0.1, -0.05) is 25.0 Å². The van der Waals surface area contributed by atoms with Crippen molar-refractivity contribution in [1.82, 2.24) is 10.6 Å². The van der Waals surface area contributed by atoms with Crippen LogP contribution in [0.25, 0.3) is 0 Å². The molecule has 25 heavy (non-hydrogen) atoms. The number of hydrogen-bond donors (Lipinski definition) is 5. The Kier molecular flexibility index (Phi) is 18.0. The van der Waals surface area contributed by atoms with Gasteiger partial charge in [0.2, 0.25) is 0 Å². The Hall–Kier alpha value is 1.10. The van der Waals surface area contributed by atoms with Crippen molar-refractivity contribution in [1.29, 1.82) is 0 Å². The molecule has 1 aliphatic heterocycles. The first-order valence-corrected chi connectivity index (χ1v) is 9.10. The van der Waals surface area contributed by atoms with E-state index in [4.69, 9.17) is 21.3 Å². The van der Waals surface area contributed by atoms with Crippen LogP contribution in [0.5, 0.6) is 0 Å². The molecule has 0 aromatic rings. The Morgan fingerprint density at radius 1 is 1.24 bits per heavy atom. The normalized spacial score (nSPS) is 28.6. The largest absolute Gasteiger partial charge is 1.00 e. The van der Waals surface area contributed by atoms with Crippen molar-refractivity contribution >= 4 is 0 Å². The van der Waals surface area contributed by atoms with Gasteiger partial charge in [0, 0.05) is 25.2 Å². The molecule has 0 amide bonds. The van der Waals surface area contributed by atoms with E-state index in [0.29, 0.717) is 19.4 Å². The van der Waals surface area contributed by atoms with Crippen molar-refractivity contribution in [3.8, 4) is 0 Å². The molecule has 0 aromatic heterocycles. The average Bonchev–Trinajstić information content (AvgIpc) is 2.58. The molecule has 1 heterocycles. The van der Waals surface area contributed by atoms with Crippen LogP contribution in [-0.4, -0.2) is 68.8 Å². The van der Waals surface area contributed by atoms with Crippen molar-refractivity contribution in [2.45, 2.75) is 56.4 Å². The summed E-state index contributed by atoms with van der Waals surface area (Å²) in [7, 11) is 0. The number of rotatable bonds is 8. The van der Waals surface area contributed by atoms with Crippen LogP contribution in [0.4, 0.5) is 0 Å². The SMILES string of the molecule is NC1CC([O-])CC(NCCO)C1.NCCCNCC1C=CCCO1.[K+]. The molecular weight excluding hydrogens is 347 g/mol. The van der Waals surface area contributed by atoms with Gasteiger partial charge in [0.1, 0.15) is 0 Å². The van der Waals surface area contributed by atoms with E-state index < -0.39 is 6.10 Å². The number of nitrogens with two attached hydrogens (primary N) is 2. The molecule has 1 aliphatic carbocycles. The second kappa shape index (κ2) is 17.2. The van der Waals surface area contributed by atoms with Crippen molar-refractivity contribution in [3.63, 3.8) is 0 Å². The number of aliphatic hydroxyl groups excluding tert-OH is 1. The summed E-state index contributed by atoms with van der Waals surface area (Å²) in [6, 6.07) is 0.251. The summed E-state index contributed by atoms with van der Waals surface area (Å²) < 4.78 is 5.48. The van der Waals surface area contributed by atoms with Gasteiger partial charge < -0.3 is 37.1 Å². The van der Waals surface area contributed by atoms with E-state index in [1.165, 1.54) is 0 Å². The van der Waals surface area contributed by atoms with Crippen LogP contribution in [0, 0.1) is 0 Å². The molecule has 1 saturated carbocycles. The molecule has 8 heteroatoms. The zero-order chi connectivity index (χ0) is 17.6. The van der Waals surface area contributed by atoms with Gasteiger partial charge in [0.25, 0.3) is 0 Å². The van der Waals surface area contributed by atoms with E-state index in [1.54, 1.807) is 0 Å². The van der Waals surface area contributed by atoms with Crippen molar-refractivity contribution in [2.24, 2.45) is 11.5 Å². The maximum absolute atomic E-state index is 11.1. The Morgan fingerprint density at radius 3 is 2.64 bits per heavy atom. The minimum absolute atomic E-state index is 0. The molecule has 0 radical (unpaired) electrons. The molecule has 1 fully saturated rings. The van der Waals surface area contributed by atoms with Crippen LogP contribution in [-0.2, 0) is 4.74 Å². The molecule has 7 N–H and O–H groups in total. The molecule has 0 aromatic carbocycles. The first-order chi connectivity index (χ1) is 11.7. The topological polar surface area (TPSA) is 129 Å². The fraction of sp³-hybridized carbons (Fsp3) is 0.882. The van der Waals surface area contributed by atoms with E-state index in [-0.39, 0.29) is 76.2 Å². The van der Waals surface area contributed by atoms with Crippen LogP contribution >= 0.6 is 0 Å². The molecule has 2 rings (SSSR count). The maximum atomic E-state index is 11.1. The molecule has 7 nitrogen and oxygen atoms in total. The van der Waals surface area contributed by atoms with Gasteiger partial charge in [-0.2, -0.15) is 0 Å². The number of aliphatic hydroxyl groups is 1. The Morgan fingerprint density at radius 2 is 2.04 bits per heavy atom. The summed E-state index contributed by atoms with van der Waals surface area (Å²) in [5.41, 5.74) is 11.0. The molecule has 4 unspecified atom stereocenters. The fourth-order valence-electron chi connectivity index (χ4n) is 2.93.